The second-order valence-electron chi connectivity index (χ2n) is 5.23. The van der Waals surface area contributed by atoms with Crippen molar-refractivity contribution in [2.45, 2.75) is 0 Å². The normalized spacial score (nSPS) is 14.6. The molecule has 1 fully saturated rings. The maximum atomic E-state index is 13.6. The molecule has 0 spiro atoms. The maximum absolute atomic E-state index is 13.6. The predicted molar refractivity (Wildman–Crippen MR) is 88.9 cm³/mol. The Morgan fingerprint density at radius 3 is 2.42 bits per heavy atom. The largest absolute Gasteiger partial charge is 0.337 e. The quantitative estimate of drug-likeness (QED) is 0.846. The molecular formula is C15H14BrF2N5O. The highest BCUT2D eigenvalue weighted by molar-refractivity contribution is 9.10. The Kier molecular flexibility index (Phi) is 4.89. The van der Waals surface area contributed by atoms with Crippen LogP contribution < -0.4 is 10.2 Å². The van der Waals surface area contributed by atoms with E-state index in [4.69, 9.17) is 0 Å². The Bertz CT molecular complexity index is 735. The third kappa shape index (κ3) is 3.78. The van der Waals surface area contributed by atoms with Gasteiger partial charge in [-0.05, 0) is 28.1 Å². The van der Waals surface area contributed by atoms with Crippen molar-refractivity contribution in [3.05, 3.63) is 46.7 Å². The first-order valence-electron chi connectivity index (χ1n) is 7.26. The fourth-order valence-electron chi connectivity index (χ4n) is 2.36. The molecule has 0 radical (unpaired) electrons. The number of amides is 2. The van der Waals surface area contributed by atoms with Crippen LogP contribution >= 0.6 is 15.9 Å². The van der Waals surface area contributed by atoms with Gasteiger partial charge < -0.3 is 15.1 Å². The number of hydrogen-bond acceptors (Lipinski definition) is 4. The van der Waals surface area contributed by atoms with E-state index in [0.717, 1.165) is 16.6 Å². The molecule has 9 heteroatoms. The number of aromatic nitrogens is 2. The van der Waals surface area contributed by atoms with Crippen molar-refractivity contribution in [3.8, 4) is 0 Å². The van der Waals surface area contributed by atoms with Crippen molar-refractivity contribution in [2.24, 2.45) is 0 Å². The van der Waals surface area contributed by atoms with E-state index in [1.165, 1.54) is 6.07 Å². The Hall–Kier alpha value is -2.29. The van der Waals surface area contributed by atoms with Crippen molar-refractivity contribution < 1.29 is 13.6 Å². The van der Waals surface area contributed by atoms with Gasteiger partial charge in [0.15, 0.2) is 0 Å². The van der Waals surface area contributed by atoms with Gasteiger partial charge in [-0.15, -0.1) is 0 Å². The van der Waals surface area contributed by atoms with Gasteiger partial charge in [0.05, 0.1) is 10.2 Å². The zero-order valence-electron chi connectivity index (χ0n) is 12.5. The second-order valence-corrected chi connectivity index (χ2v) is 6.15. The number of urea groups is 1. The van der Waals surface area contributed by atoms with Crippen LogP contribution in [0.25, 0.3) is 0 Å². The van der Waals surface area contributed by atoms with E-state index in [-0.39, 0.29) is 5.69 Å². The van der Waals surface area contributed by atoms with Gasteiger partial charge in [0.25, 0.3) is 0 Å². The smallest absolute Gasteiger partial charge is 0.322 e. The molecule has 2 amide bonds. The number of hydrogen-bond donors (Lipinski definition) is 1. The molecule has 0 atom stereocenters. The highest BCUT2D eigenvalue weighted by Crippen LogP contribution is 2.17. The Balaban J connectivity index is 1.58. The Morgan fingerprint density at radius 1 is 1.12 bits per heavy atom. The summed E-state index contributed by atoms with van der Waals surface area (Å²) in [5, 5.41) is 2.46. The molecule has 126 valence electrons. The standard InChI is InChI=1S/C15H14BrF2N5O/c16-10-8-19-14(20-9-10)22-3-5-23(6-4-22)15(24)21-13-2-1-11(17)7-12(13)18/h1-2,7-9H,3-6H2,(H,21,24). The summed E-state index contributed by atoms with van der Waals surface area (Å²) < 4.78 is 27.3. The maximum Gasteiger partial charge on any atom is 0.322 e. The molecule has 1 aromatic heterocycles. The number of anilines is 2. The average Bonchev–Trinajstić information content (AvgIpc) is 2.58. The first-order valence-corrected chi connectivity index (χ1v) is 8.06. The Labute approximate surface area is 145 Å². The summed E-state index contributed by atoms with van der Waals surface area (Å²) in [6.07, 6.45) is 3.33. The van der Waals surface area contributed by atoms with E-state index < -0.39 is 17.7 Å². The van der Waals surface area contributed by atoms with Crippen molar-refractivity contribution in [3.63, 3.8) is 0 Å². The number of carbonyl (C=O) groups is 1. The van der Waals surface area contributed by atoms with Gasteiger partial charge in [0.2, 0.25) is 5.95 Å². The summed E-state index contributed by atoms with van der Waals surface area (Å²) in [7, 11) is 0. The molecule has 1 aliphatic heterocycles. The van der Waals surface area contributed by atoms with Crippen LogP contribution in [-0.2, 0) is 0 Å². The molecule has 6 nitrogen and oxygen atoms in total. The van der Waals surface area contributed by atoms with Gasteiger partial charge in [-0.1, -0.05) is 0 Å². The summed E-state index contributed by atoms with van der Waals surface area (Å²) in [6, 6.07) is 2.62. The summed E-state index contributed by atoms with van der Waals surface area (Å²) in [5.41, 5.74) is -0.0416. The second kappa shape index (κ2) is 7.08. The van der Waals surface area contributed by atoms with E-state index in [1.54, 1.807) is 17.3 Å². The average molecular weight is 398 g/mol. The highest BCUT2D eigenvalue weighted by Gasteiger charge is 2.23. The molecule has 0 saturated carbocycles. The van der Waals surface area contributed by atoms with Gasteiger partial charge in [-0.2, -0.15) is 0 Å². The summed E-state index contributed by atoms with van der Waals surface area (Å²) in [4.78, 5) is 24.2. The minimum Gasteiger partial charge on any atom is -0.337 e. The third-order valence-electron chi connectivity index (χ3n) is 3.63. The fraction of sp³-hybridized carbons (Fsp3) is 0.267. The minimum atomic E-state index is -0.801. The molecule has 3 rings (SSSR count). The number of carbonyl (C=O) groups excluding carboxylic acids is 1. The van der Waals surface area contributed by atoms with E-state index >= 15 is 0 Å². The van der Waals surface area contributed by atoms with E-state index in [0.29, 0.717) is 32.1 Å². The van der Waals surface area contributed by atoms with Gasteiger partial charge in [-0.25, -0.2) is 23.5 Å². The SMILES string of the molecule is O=C(Nc1ccc(F)cc1F)N1CCN(c2ncc(Br)cn2)CC1. The first-order chi connectivity index (χ1) is 11.5. The number of piperazine rings is 1. The lowest BCUT2D eigenvalue weighted by Crippen LogP contribution is -2.50. The van der Waals surface area contributed by atoms with Crippen LogP contribution in [0, 0.1) is 11.6 Å². The molecule has 1 aromatic carbocycles. The molecule has 1 N–H and O–H groups in total. The molecule has 0 bridgehead atoms. The van der Waals surface area contributed by atoms with Crippen LogP contribution in [0.3, 0.4) is 0 Å². The molecule has 24 heavy (non-hydrogen) atoms. The summed E-state index contributed by atoms with van der Waals surface area (Å²) in [6.45, 7) is 2.05. The summed E-state index contributed by atoms with van der Waals surface area (Å²) >= 11 is 3.28. The zero-order chi connectivity index (χ0) is 17.1. The van der Waals surface area contributed by atoms with Crippen LogP contribution in [0.2, 0.25) is 0 Å². The molecule has 0 unspecified atom stereocenters. The highest BCUT2D eigenvalue weighted by atomic mass is 79.9. The van der Waals surface area contributed by atoms with Crippen molar-refractivity contribution in [1.29, 1.82) is 0 Å². The Morgan fingerprint density at radius 2 is 1.79 bits per heavy atom. The number of rotatable bonds is 2. The monoisotopic (exact) mass is 397 g/mol. The van der Waals surface area contributed by atoms with Crippen LogP contribution in [0.4, 0.5) is 25.2 Å². The van der Waals surface area contributed by atoms with Crippen molar-refractivity contribution in [1.82, 2.24) is 14.9 Å². The van der Waals surface area contributed by atoms with Crippen molar-refractivity contribution >= 4 is 33.6 Å². The lowest BCUT2D eigenvalue weighted by Gasteiger charge is -2.34. The van der Waals surface area contributed by atoms with Gasteiger partial charge >= 0.3 is 6.03 Å². The summed E-state index contributed by atoms with van der Waals surface area (Å²) in [5.74, 6) is -0.887. The molecule has 1 saturated heterocycles. The molecule has 0 aliphatic carbocycles. The zero-order valence-corrected chi connectivity index (χ0v) is 14.1. The first kappa shape index (κ1) is 16.6. The van der Waals surface area contributed by atoms with Gasteiger partial charge in [-0.3, -0.25) is 0 Å². The van der Waals surface area contributed by atoms with E-state index in [9.17, 15) is 13.6 Å². The number of halogens is 3. The fourth-order valence-corrected chi connectivity index (χ4v) is 2.57. The van der Waals surface area contributed by atoms with Crippen LogP contribution in [-0.4, -0.2) is 47.1 Å². The molecular weight excluding hydrogens is 384 g/mol. The molecule has 2 aromatic rings. The number of nitrogens with one attached hydrogen (secondary N) is 1. The van der Waals surface area contributed by atoms with E-state index in [2.05, 4.69) is 31.2 Å². The third-order valence-corrected chi connectivity index (χ3v) is 4.04. The van der Waals surface area contributed by atoms with Crippen molar-refractivity contribution in [2.75, 3.05) is 36.4 Å². The van der Waals surface area contributed by atoms with Crippen LogP contribution in [0.15, 0.2) is 35.1 Å². The van der Waals surface area contributed by atoms with Crippen LogP contribution in [0.5, 0.6) is 0 Å². The number of benzene rings is 1. The number of nitrogens with zero attached hydrogens (tertiary/aromatic N) is 4. The topological polar surface area (TPSA) is 61.4 Å². The van der Waals surface area contributed by atoms with Gasteiger partial charge in [0.1, 0.15) is 11.6 Å². The molecule has 1 aliphatic rings. The lowest BCUT2D eigenvalue weighted by molar-refractivity contribution is 0.208. The molecule has 2 heterocycles. The predicted octanol–water partition coefficient (Wildman–Crippen LogP) is 2.87. The minimum absolute atomic E-state index is 0.0416. The van der Waals surface area contributed by atoms with Gasteiger partial charge in [0, 0.05) is 44.6 Å². The van der Waals surface area contributed by atoms with E-state index in [1.807, 2.05) is 4.90 Å². The lowest BCUT2D eigenvalue weighted by atomic mass is 10.3. The van der Waals surface area contributed by atoms with Crippen LogP contribution in [0.1, 0.15) is 0 Å².